The Bertz CT molecular complexity index is 1440. The lowest BCUT2D eigenvalue weighted by Gasteiger charge is -2.35. The van der Waals surface area contributed by atoms with Crippen molar-refractivity contribution in [2.75, 3.05) is 0 Å². The maximum absolute atomic E-state index is 15.4. The Morgan fingerprint density at radius 2 is 1.42 bits per heavy atom. The Balaban J connectivity index is 1.18. The third kappa shape index (κ3) is 8.60. The Labute approximate surface area is 269 Å². The molecule has 0 amide bonds. The fourth-order valence-electron chi connectivity index (χ4n) is 7.70. The molecule has 0 bridgehead atoms. The standard InChI is InChI=1S/C42H51F3/c1-3-5-7-8-10-12-36-25-28-39(42(45)41(36)44)35-23-19-33(20-24-35)37-26-27-38(40(43)29-37)34-21-17-32(18-22-34)31-15-13-30(14-16-31)11-9-6-4-2/h4,6,19-21,23-32H,3,5,7-18,22H2,1-2H3. The van der Waals surface area contributed by atoms with E-state index in [9.17, 15) is 4.39 Å². The van der Waals surface area contributed by atoms with Crippen molar-refractivity contribution in [1.29, 1.82) is 0 Å². The summed E-state index contributed by atoms with van der Waals surface area (Å²) in [6, 6.07) is 16.2. The van der Waals surface area contributed by atoms with Crippen molar-refractivity contribution in [3.8, 4) is 22.3 Å². The van der Waals surface area contributed by atoms with Crippen LogP contribution in [0.2, 0.25) is 0 Å². The minimum Gasteiger partial charge on any atom is -0.206 e. The molecule has 0 N–H and O–H groups in total. The molecule has 3 heteroatoms. The fraction of sp³-hybridized carbons (Fsp3) is 0.476. The summed E-state index contributed by atoms with van der Waals surface area (Å²) in [5, 5.41) is 0. The van der Waals surface area contributed by atoms with E-state index in [1.807, 2.05) is 24.3 Å². The van der Waals surface area contributed by atoms with Crippen LogP contribution in [0.15, 0.2) is 72.8 Å². The SMILES string of the molecule is CC=CCCC1CCC(C2CC=C(c3ccc(-c4ccc(-c5ccc(CCCCCCC)c(F)c5F)cc4)cc3F)CC2)CC1. The molecule has 0 aromatic heterocycles. The van der Waals surface area contributed by atoms with Gasteiger partial charge in [0.05, 0.1) is 0 Å². The molecule has 3 aromatic carbocycles. The predicted octanol–water partition coefficient (Wildman–Crippen LogP) is 13.3. The van der Waals surface area contributed by atoms with Crippen molar-refractivity contribution >= 4 is 5.57 Å². The van der Waals surface area contributed by atoms with Crippen LogP contribution in [0, 0.1) is 35.2 Å². The van der Waals surface area contributed by atoms with Crippen molar-refractivity contribution in [2.24, 2.45) is 17.8 Å². The molecule has 1 unspecified atom stereocenters. The van der Waals surface area contributed by atoms with E-state index in [0.29, 0.717) is 23.1 Å². The molecule has 1 saturated carbocycles. The number of aryl methyl sites for hydroxylation is 1. The van der Waals surface area contributed by atoms with E-state index in [1.165, 1.54) is 44.9 Å². The largest absolute Gasteiger partial charge is 0.206 e. The van der Waals surface area contributed by atoms with Crippen LogP contribution in [0.4, 0.5) is 13.2 Å². The van der Waals surface area contributed by atoms with Crippen LogP contribution >= 0.6 is 0 Å². The first kappa shape index (κ1) is 33.3. The molecule has 1 atom stereocenters. The van der Waals surface area contributed by atoms with Gasteiger partial charge in [-0.05, 0) is 116 Å². The summed E-state index contributed by atoms with van der Waals surface area (Å²) in [4.78, 5) is 0. The second-order valence-corrected chi connectivity index (χ2v) is 13.5. The van der Waals surface area contributed by atoms with Crippen molar-refractivity contribution in [3.63, 3.8) is 0 Å². The molecule has 2 aliphatic rings. The van der Waals surface area contributed by atoms with Crippen LogP contribution in [0.25, 0.3) is 27.8 Å². The average Bonchev–Trinajstić information content (AvgIpc) is 3.07. The number of hydrogen-bond acceptors (Lipinski definition) is 0. The molecule has 0 saturated heterocycles. The highest BCUT2D eigenvalue weighted by Gasteiger charge is 2.29. The average molecular weight is 613 g/mol. The van der Waals surface area contributed by atoms with E-state index in [1.54, 1.807) is 30.3 Å². The summed E-state index contributed by atoms with van der Waals surface area (Å²) >= 11 is 0. The summed E-state index contributed by atoms with van der Waals surface area (Å²) in [5.74, 6) is 0.717. The van der Waals surface area contributed by atoms with E-state index in [-0.39, 0.29) is 11.4 Å². The van der Waals surface area contributed by atoms with Crippen LogP contribution < -0.4 is 0 Å². The van der Waals surface area contributed by atoms with Gasteiger partial charge in [0, 0.05) is 11.1 Å². The third-order valence-electron chi connectivity index (χ3n) is 10.5. The molecule has 0 heterocycles. The second-order valence-electron chi connectivity index (χ2n) is 13.5. The highest BCUT2D eigenvalue weighted by Crippen LogP contribution is 2.42. The fourth-order valence-corrected chi connectivity index (χ4v) is 7.70. The lowest BCUT2D eigenvalue weighted by Crippen LogP contribution is -2.23. The van der Waals surface area contributed by atoms with Gasteiger partial charge in [-0.3, -0.25) is 0 Å². The van der Waals surface area contributed by atoms with E-state index in [2.05, 4.69) is 32.1 Å². The van der Waals surface area contributed by atoms with Crippen molar-refractivity contribution in [1.82, 2.24) is 0 Å². The van der Waals surface area contributed by atoms with Gasteiger partial charge in [-0.15, -0.1) is 0 Å². The molecule has 0 aliphatic heterocycles. The molecule has 3 aromatic rings. The van der Waals surface area contributed by atoms with E-state index in [4.69, 9.17) is 0 Å². The minimum atomic E-state index is -0.792. The molecular weight excluding hydrogens is 561 g/mol. The number of allylic oxidation sites excluding steroid dienone is 4. The van der Waals surface area contributed by atoms with E-state index >= 15 is 8.78 Å². The first-order valence-electron chi connectivity index (χ1n) is 17.7. The van der Waals surface area contributed by atoms with Gasteiger partial charge in [-0.1, -0.05) is 112 Å². The summed E-state index contributed by atoms with van der Waals surface area (Å²) < 4.78 is 45.3. The topological polar surface area (TPSA) is 0 Å². The number of rotatable bonds is 13. The zero-order chi connectivity index (χ0) is 31.6. The zero-order valence-corrected chi connectivity index (χ0v) is 27.4. The Hall–Kier alpha value is -3.07. The summed E-state index contributed by atoms with van der Waals surface area (Å²) in [6.07, 6.45) is 23.8. The quantitative estimate of drug-likeness (QED) is 0.133. The highest BCUT2D eigenvalue weighted by molar-refractivity contribution is 5.74. The molecule has 240 valence electrons. The number of unbranched alkanes of at least 4 members (excludes halogenated alkanes) is 4. The number of halogens is 3. The highest BCUT2D eigenvalue weighted by atomic mass is 19.2. The van der Waals surface area contributed by atoms with Gasteiger partial charge in [0.25, 0.3) is 0 Å². The third-order valence-corrected chi connectivity index (χ3v) is 10.5. The number of benzene rings is 3. The molecule has 0 nitrogen and oxygen atoms in total. The minimum absolute atomic E-state index is 0.193. The van der Waals surface area contributed by atoms with Gasteiger partial charge in [0.1, 0.15) is 5.82 Å². The molecular formula is C42H51F3. The Kier molecular flexibility index (Phi) is 12.2. The first-order chi connectivity index (χ1) is 22.0. The van der Waals surface area contributed by atoms with Crippen LogP contribution in [0.3, 0.4) is 0 Å². The van der Waals surface area contributed by atoms with Crippen LogP contribution in [-0.4, -0.2) is 0 Å². The maximum Gasteiger partial charge on any atom is 0.166 e. The Morgan fingerprint density at radius 1 is 0.711 bits per heavy atom. The lowest BCUT2D eigenvalue weighted by atomic mass is 9.70. The molecule has 0 radical (unpaired) electrons. The predicted molar refractivity (Wildman–Crippen MR) is 184 cm³/mol. The zero-order valence-electron chi connectivity index (χ0n) is 27.4. The molecule has 45 heavy (non-hydrogen) atoms. The molecule has 2 aliphatic carbocycles. The summed E-state index contributed by atoms with van der Waals surface area (Å²) in [5.41, 5.74) is 4.81. The van der Waals surface area contributed by atoms with Crippen molar-refractivity contribution in [3.05, 3.63) is 101 Å². The lowest BCUT2D eigenvalue weighted by molar-refractivity contribution is 0.190. The Morgan fingerprint density at radius 3 is 2.11 bits per heavy atom. The molecule has 1 fully saturated rings. The molecule has 0 spiro atoms. The monoisotopic (exact) mass is 612 g/mol. The van der Waals surface area contributed by atoms with E-state index in [0.717, 1.165) is 79.4 Å². The van der Waals surface area contributed by atoms with E-state index < -0.39 is 11.6 Å². The number of hydrogen-bond donors (Lipinski definition) is 0. The van der Waals surface area contributed by atoms with Crippen LogP contribution in [0.1, 0.15) is 115 Å². The first-order valence-corrected chi connectivity index (χ1v) is 17.7. The van der Waals surface area contributed by atoms with Gasteiger partial charge in [0.15, 0.2) is 11.6 Å². The molecule has 5 rings (SSSR count). The maximum atomic E-state index is 15.4. The van der Waals surface area contributed by atoms with Gasteiger partial charge >= 0.3 is 0 Å². The smallest absolute Gasteiger partial charge is 0.166 e. The van der Waals surface area contributed by atoms with Gasteiger partial charge < -0.3 is 0 Å². The second kappa shape index (κ2) is 16.5. The van der Waals surface area contributed by atoms with Gasteiger partial charge in [-0.25, -0.2) is 13.2 Å². The summed E-state index contributed by atoms with van der Waals surface area (Å²) in [6.45, 7) is 4.27. The van der Waals surface area contributed by atoms with Gasteiger partial charge in [-0.2, -0.15) is 0 Å². The van der Waals surface area contributed by atoms with Gasteiger partial charge in [0.2, 0.25) is 0 Å². The van der Waals surface area contributed by atoms with Crippen LogP contribution in [-0.2, 0) is 6.42 Å². The van der Waals surface area contributed by atoms with Crippen molar-refractivity contribution in [2.45, 2.75) is 110 Å². The normalized spacial score (nSPS) is 20.5. The van der Waals surface area contributed by atoms with Crippen LogP contribution in [0.5, 0.6) is 0 Å². The van der Waals surface area contributed by atoms with Crippen molar-refractivity contribution < 1.29 is 13.2 Å². The summed E-state index contributed by atoms with van der Waals surface area (Å²) in [7, 11) is 0.